The van der Waals surface area contributed by atoms with Crippen LogP contribution in [0.5, 0.6) is 0 Å². The molecule has 0 bridgehead atoms. The van der Waals surface area contributed by atoms with Crippen molar-refractivity contribution >= 4 is 5.97 Å². The first kappa shape index (κ1) is 13.0. The largest absolute Gasteiger partial charge is 0.465 e. The van der Waals surface area contributed by atoms with E-state index in [1.54, 1.807) is 13.0 Å². The molecule has 80 valence electrons. The highest BCUT2D eigenvalue weighted by Crippen LogP contribution is 2.03. The number of esters is 1. The molecule has 0 heterocycles. The molecule has 0 amide bonds. The van der Waals surface area contributed by atoms with E-state index < -0.39 is 0 Å². The average molecular weight is 196 g/mol. The molecule has 2 heteroatoms. The highest BCUT2D eigenvalue weighted by molar-refractivity contribution is 5.73. The third kappa shape index (κ3) is 6.50. The van der Waals surface area contributed by atoms with Crippen LogP contribution in [0.2, 0.25) is 0 Å². The summed E-state index contributed by atoms with van der Waals surface area (Å²) in [5.41, 5.74) is 2.58. The SMILES string of the molecule is C=C=CC(C)C(=O)OCCCCCC. The Bertz CT molecular complexity index is 202. The molecule has 0 saturated carbocycles. The number of hydrogen-bond acceptors (Lipinski definition) is 2. The monoisotopic (exact) mass is 196 g/mol. The second-order valence-corrected chi connectivity index (χ2v) is 3.39. The number of carbonyl (C=O) groups is 1. The first-order valence-corrected chi connectivity index (χ1v) is 5.25. The van der Waals surface area contributed by atoms with Crippen LogP contribution in [-0.2, 0) is 9.53 Å². The van der Waals surface area contributed by atoms with Gasteiger partial charge in [-0.25, -0.2) is 0 Å². The van der Waals surface area contributed by atoms with Crippen molar-refractivity contribution in [3.8, 4) is 0 Å². The summed E-state index contributed by atoms with van der Waals surface area (Å²) in [6.07, 6.45) is 6.12. The van der Waals surface area contributed by atoms with Gasteiger partial charge in [0.2, 0.25) is 0 Å². The van der Waals surface area contributed by atoms with E-state index in [4.69, 9.17) is 4.74 Å². The van der Waals surface area contributed by atoms with Crippen molar-refractivity contribution in [2.75, 3.05) is 6.61 Å². The Kier molecular flexibility index (Phi) is 7.96. The summed E-state index contributed by atoms with van der Waals surface area (Å²) in [5.74, 6) is -0.406. The molecule has 0 aliphatic heterocycles. The van der Waals surface area contributed by atoms with Crippen LogP contribution in [0, 0.1) is 5.92 Å². The van der Waals surface area contributed by atoms with Gasteiger partial charge in [-0.05, 0) is 19.4 Å². The van der Waals surface area contributed by atoms with Crippen molar-refractivity contribution in [2.45, 2.75) is 39.5 Å². The van der Waals surface area contributed by atoms with Crippen molar-refractivity contribution in [2.24, 2.45) is 5.92 Å². The molecule has 0 aliphatic carbocycles. The second-order valence-electron chi connectivity index (χ2n) is 3.39. The Morgan fingerprint density at radius 1 is 1.50 bits per heavy atom. The fraction of sp³-hybridized carbons (Fsp3) is 0.667. The molecule has 1 unspecified atom stereocenters. The van der Waals surface area contributed by atoms with Crippen LogP contribution in [-0.4, -0.2) is 12.6 Å². The number of hydrogen-bond donors (Lipinski definition) is 0. The lowest BCUT2D eigenvalue weighted by Gasteiger charge is -2.06. The number of rotatable bonds is 7. The Morgan fingerprint density at radius 3 is 2.79 bits per heavy atom. The fourth-order valence-electron chi connectivity index (χ4n) is 1.08. The van der Waals surface area contributed by atoms with Crippen LogP contribution in [0.25, 0.3) is 0 Å². The molecule has 0 spiro atoms. The Balaban J connectivity index is 3.48. The molecule has 2 nitrogen and oxygen atoms in total. The standard InChI is InChI=1S/C12H20O2/c1-4-6-7-8-10-14-12(13)11(3)9-5-2/h9,11H,2,4,6-8,10H2,1,3H3. The molecule has 0 aliphatic rings. The predicted octanol–water partition coefficient (Wildman–Crippen LogP) is 3.09. The second kappa shape index (κ2) is 8.58. The third-order valence-electron chi connectivity index (χ3n) is 1.98. The molecule has 0 aromatic heterocycles. The van der Waals surface area contributed by atoms with Gasteiger partial charge in [-0.1, -0.05) is 32.8 Å². The minimum atomic E-state index is -0.223. The van der Waals surface area contributed by atoms with E-state index in [1.165, 1.54) is 12.8 Å². The molecule has 0 saturated heterocycles. The maximum Gasteiger partial charge on any atom is 0.313 e. The van der Waals surface area contributed by atoms with Crippen molar-refractivity contribution in [3.05, 3.63) is 18.4 Å². The van der Waals surface area contributed by atoms with Gasteiger partial charge in [-0.2, -0.15) is 0 Å². The van der Waals surface area contributed by atoms with Gasteiger partial charge in [-0.3, -0.25) is 4.79 Å². The van der Waals surface area contributed by atoms with E-state index in [9.17, 15) is 4.79 Å². The van der Waals surface area contributed by atoms with Crippen molar-refractivity contribution < 1.29 is 9.53 Å². The Hall–Kier alpha value is -1.01. The van der Waals surface area contributed by atoms with Crippen LogP contribution >= 0.6 is 0 Å². The molecular formula is C12H20O2. The smallest absolute Gasteiger partial charge is 0.313 e. The molecular weight excluding hydrogens is 176 g/mol. The summed E-state index contributed by atoms with van der Waals surface area (Å²) in [5, 5.41) is 0. The number of unbranched alkanes of at least 4 members (excludes halogenated alkanes) is 3. The average Bonchev–Trinajstić information content (AvgIpc) is 2.17. The Morgan fingerprint density at radius 2 is 2.21 bits per heavy atom. The lowest BCUT2D eigenvalue weighted by molar-refractivity contribution is -0.146. The maximum atomic E-state index is 11.2. The van der Waals surface area contributed by atoms with Gasteiger partial charge in [0, 0.05) is 0 Å². The zero-order valence-electron chi connectivity index (χ0n) is 9.21. The van der Waals surface area contributed by atoms with Crippen molar-refractivity contribution in [3.63, 3.8) is 0 Å². The van der Waals surface area contributed by atoms with Gasteiger partial charge in [0.25, 0.3) is 0 Å². The minimum absolute atomic E-state index is 0.183. The quantitative estimate of drug-likeness (QED) is 0.355. The molecule has 14 heavy (non-hydrogen) atoms. The van der Waals surface area contributed by atoms with Crippen molar-refractivity contribution in [1.82, 2.24) is 0 Å². The molecule has 1 atom stereocenters. The Labute approximate surface area is 86.6 Å². The van der Waals surface area contributed by atoms with Gasteiger partial charge in [0.1, 0.15) is 0 Å². The summed E-state index contributed by atoms with van der Waals surface area (Å²) in [7, 11) is 0. The summed E-state index contributed by atoms with van der Waals surface area (Å²) in [4.78, 5) is 11.2. The summed E-state index contributed by atoms with van der Waals surface area (Å²) in [6.45, 7) is 7.89. The topological polar surface area (TPSA) is 26.3 Å². The lowest BCUT2D eigenvalue weighted by atomic mass is 10.2. The van der Waals surface area contributed by atoms with Gasteiger partial charge in [0.15, 0.2) is 0 Å². The first-order chi connectivity index (χ1) is 6.72. The third-order valence-corrected chi connectivity index (χ3v) is 1.98. The fourth-order valence-corrected chi connectivity index (χ4v) is 1.08. The van der Waals surface area contributed by atoms with Crippen LogP contribution in [0.4, 0.5) is 0 Å². The first-order valence-electron chi connectivity index (χ1n) is 5.25. The molecule has 0 fully saturated rings. The van der Waals surface area contributed by atoms with Crippen LogP contribution in [0.1, 0.15) is 39.5 Å². The highest BCUT2D eigenvalue weighted by Gasteiger charge is 2.09. The summed E-state index contributed by atoms with van der Waals surface area (Å²) < 4.78 is 5.06. The van der Waals surface area contributed by atoms with E-state index in [0.29, 0.717) is 6.61 Å². The van der Waals surface area contributed by atoms with Crippen LogP contribution in [0.3, 0.4) is 0 Å². The van der Waals surface area contributed by atoms with Crippen molar-refractivity contribution in [1.29, 1.82) is 0 Å². The molecule has 0 N–H and O–H groups in total. The van der Waals surface area contributed by atoms with Crippen LogP contribution in [0.15, 0.2) is 18.4 Å². The van der Waals surface area contributed by atoms with Gasteiger partial charge >= 0.3 is 5.97 Å². The van der Waals surface area contributed by atoms with E-state index in [-0.39, 0.29) is 11.9 Å². The van der Waals surface area contributed by atoms with Gasteiger partial charge in [-0.15, -0.1) is 5.73 Å². The zero-order valence-corrected chi connectivity index (χ0v) is 9.21. The number of ether oxygens (including phenoxy) is 1. The van der Waals surface area contributed by atoms with Gasteiger partial charge < -0.3 is 4.74 Å². The van der Waals surface area contributed by atoms with E-state index in [0.717, 1.165) is 12.8 Å². The molecule has 0 aromatic carbocycles. The minimum Gasteiger partial charge on any atom is -0.465 e. The number of carbonyl (C=O) groups excluding carboxylic acids is 1. The highest BCUT2D eigenvalue weighted by atomic mass is 16.5. The summed E-state index contributed by atoms with van der Waals surface area (Å²) in [6, 6.07) is 0. The normalized spacial score (nSPS) is 11.6. The molecule has 0 rings (SSSR count). The maximum absolute atomic E-state index is 11.2. The van der Waals surface area contributed by atoms with Crippen LogP contribution < -0.4 is 0 Å². The zero-order chi connectivity index (χ0) is 10.8. The lowest BCUT2D eigenvalue weighted by Crippen LogP contribution is -2.13. The van der Waals surface area contributed by atoms with E-state index >= 15 is 0 Å². The molecule has 0 aromatic rings. The predicted molar refractivity (Wildman–Crippen MR) is 58.0 cm³/mol. The summed E-state index contributed by atoms with van der Waals surface area (Å²) >= 11 is 0. The van der Waals surface area contributed by atoms with E-state index in [2.05, 4.69) is 19.2 Å². The molecule has 0 radical (unpaired) electrons. The van der Waals surface area contributed by atoms with Gasteiger partial charge in [0.05, 0.1) is 12.5 Å². The van der Waals surface area contributed by atoms with E-state index in [1.807, 2.05) is 0 Å².